The molecule has 0 aliphatic carbocycles. The molecular formula is C21H30N6O2. The third-order valence-electron chi connectivity index (χ3n) is 5.28. The molecule has 0 N–H and O–H groups in total. The second-order valence-electron chi connectivity index (χ2n) is 7.89. The van der Waals surface area contributed by atoms with Crippen molar-refractivity contribution in [1.82, 2.24) is 29.2 Å². The SMILES string of the molecule is Cc1cnc(Cn2ccc(C)c(C(=O)N3CCN(CCN(C)C)CC3)c2=O)cn1. The van der Waals surface area contributed by atoms with Crippen molar-refractivity contribution < 1.29 is 4.79 Å². The van der Waals surface area contributed by atoms with Crippen molar-refractivity contribution in [1.29, 1.82) is 0 Å². The van der Waals surface area contributed by atoms with Crippen LogP contribution in [0.25, 0.3) is 0 Å². The molecule has 3 heterocycles. The summed E-state index contributed by atoms with van der Waals surface area (Å²) in [6.07, 6.45) is 5.06. The lowest BCUT2D eigenvalue weighted by Gasteiger charge is -2.35. The van der Waals surface area contributed by atoms with Crippen LogP contribution in [0.15, 0.2) is 29.5 Å². The normalized spacial score (nSPS) is 15.1. The monoisotopic (exact) mass is 398 g/mol. The van der Waals surface area contributed by atoms with E-state index in [1.807, 2.05) is 19.9 Å². The van der Waals surface area contributed by atoms with E-state index < -0.39 is 0 Å². The van der Waals surface area contributed by atoms with Crippen LogP contribution in [0.3, 0.4) is 0 Å². The summed E-state index contributed by atoms with van der Waals surface area (Å²) in [6, 6.07) is 1.82. The molecule has 29 heavy (non-hydrogen) atoms. The van der Waals surface area contributed by atoms with Gasteiger partial charge < -0.3 is 14.4 Å². The minimum atomic E-state index is -0.271. The molecule has 8 nitrogen and oxygen atoms in total. The largest absolute Gasteiger partial charge is 0.336 e. The Kier molecular flexibility index (Phi) is 6.76. The molecule has 1 aliphatic rings. The summed E-state index contributed by atoms with van der Waals surface area (Å²) in [5.41, 5.74) is 2.21. The molecule has 3 rings (SSSR count). The van der Waals surface area contributed by atoms with Gasteiger partial charge in [-0.05, 0) is 39.6 Å². The Balaban J connectivity index is 1.72. The molecule has 0 unspecified atom stereocenters. The zero-order valence-electron chi connectivity index (χ0n) is 17.8. The summed E-state index contributed by atoms with van der Waals surface area (Å²) in [7, 11) is 4.12. The van der Waals surface area contributed by atoms with E-state index >= 15 is 0 Å². The minimum absolute atomic E-state index is 0.177. The molecule has 2 aromatic rings. The van der Waals surface area contributed by atoms with Gasteiger partial charge in [-0.3, -0.25) is 24.5 Å². The Labute approximate surface area is 171 Å². The first-order chi connectivity index (χ1) is 13.8. The third-order valence-corrected chi connectivity index (χ3v) is 5.28. The number of nitrogens with zero attached hydrogens (tertiary/aromatic N) is 6. The highest BCUT2D eigenvalue weighted by atomic mass is 16.2. The lowest BCUT2D eigenvalue weighted by molar-refractivity contribution is 0.0626. The van der Waals surface area contributed by atoms with Crippen molar-refractivity contribution in [3.8, 4) is 0 Å². The molecule has 0 spiro atoms. The maximum atomic E-state index is 13.1. The highest BCUT2D eigenvalue weighted by Crippen LogP contribution is 2.10. The first-order valence-electron chi connectivity index (χ1n) is 9.99. The van der Waals surface area contributed by atoms with Crippen molar-refractivity contribution in [3.05, 3.63) is 57.5 Å². The summed E-state index contributed by atoms with van der Waals surface area (Å²) in [6.45, 7) is 8.92. The predicted molar refractivity (Wildman–Crippen MR) is 112 cm³/mol. The highest BCUT2D eigenvalue weighted by Gasteiger charge is 2.25. The van der Waals surface area contributed by atoms with Gasteiger partial charge in [0.25, 0.3) is 11.5 Å². The summed E-state index contributed by atoms with van der Waals surface area (Å²) in [5.74, 6) is -0.177. The first-order valence-corrected chi connectivity index (χ1v) is 9.99. The van der Waals surface area contributed by atoms with Crippen molar-refractivity contribution in [2.24, 2.45) is 0 Å². The van der Waals surface area contributed by atoms with Crippen LogP contribution in [0.2, 0.25) is 0 Å². The maximum absolute atomic E-state index is 13.1. The van der Waals surface area contributed by atoms with Gasteiger partial charge in [-0.1, -0.05) is 0 Å². The van der Waals surface area contributed by atoms with E-state index in [2.05, 4.69) is 33.9 Å². The second-order valence-corrected chi connectivity index (χ2v) is 7.89. The van der Waals surface area contributed by atoms with Crippen LogP contribution in [0.1, 0.15) is 27.3 Å². The van der Waals surface area contributed by atoms with Gasteiger partial charge in [0.2, 0.25) is 0 Å². The Morgan fingerprint density at radius 2 is 1.83 bits per heavy atom. The average molecular weight is 399 g/mol. The van der Waals surface area contributed by atoms with Crippen LogP contribution in [-0.2, 0) is 6.54 Å². The molecule has 1 aliphatic heterocycles. The Bertz CT molecular complexity index is 898. The number of hydrogen-bond acceptors (Lipinski definition) is 6. The first kappa shape index (κ1) is 21.1. The number of pyridine rings is 1. The van der Waals surface area contributed by atoms with Crippen molar-refractivity contribution in [2.45, 2.75) is 20.4 Å². The Hall–Kier alpha value is -2.58. The van der Waals surface area contributed by atoms with Gasteiger partial charge in [-0.25, -0.2) is 0 Å². The van der Waals surface area contributed by atoms with Crippen LogP contribution >= 0.6 is 0 Å². The Morgan fingerprint density at radius 1 is 1.10 bits per heavy atom. The summed E-state index contributed by atoms with van der Waals surface area (Å²) in [5, 5.41) is 0. The average Bonchev–Trinajstić information content (AvgIpc) is 2.70. The van der Waals surface area contributed by atoms with Crippen molar-refractivity contribution in [3.63, 3.8) is 0 Å². The smallest absolute Gasteiger partial charge is 0.264 e. The Morgan fingerprint density at radius 3 is 2.45 bits per heavy atom. The molecule has 1 amide bonds. The number of carbonyl (C=O) groups is 1. The van der Waals surface area contributed by atoms with Crippen LogP contribution in [0.4, 0.5) is 0 Å². The highest BCUT2D eigenvalue weighted by molar-refractivity contribution is 5.95. The van der Waals surface area contributed by atoms with Crippen molar-refractivity contribution >= 4 is 5.91 Å². The third kappa shape index (κ3) is 5.27. The van der Waals surface area contributed by atoms with Gasteiger partial charge >= 0.3 is 0 Å². The lowest BCUT2D eigenvalue weighted by Crippen LogP contribution is -2.51. The van der Waals surface area contributed by atoms with Crippen LogP contribution < -0.4 is 5.56 Å². The number of aromatic nitrogens is 3. The molecule has 0 bridgehead atoms. The number of aryl methyl sites for hydroxylation is 2. The molecule has 0 saturated carbocycles. The van der Waals surface area contributed by atoms with E-state index in [-0.39, 0.29) is 17.0 Å². The molecule has 156 valence electrons. The zero-order chi connectivity index (χ0) is 21.0. The predicted octanol–water partition coefficient (Wildman–Crippen LogP) is 0.623. The molecule has 1 saturated heterocycles. The fraction of sp³-hybridized carbons (Fsp3) is 0.524. The summed E-state index contributed by atoms with van der Waals surface area (Å²) in [4.78, 5) is 41.0. The number of rotatable bonds is 6. The fourth-order valence-corrected chi connectivity index (χ4v) is 3.40. The van der Waals surface area contributed by atoms with Gasteiger partial charge in [0.15, 0.2) is 0 Å². The topological polar surface area (TPSA) is 74.6 Å². The molecular weight excluding hydrogens is 368 g/mol. The number of likely N-dealkylation sites (N-methyl/N-ethyl adjacent to an activating group) is 1. The molecule has 8 heteroatoms. The molecule has 0 atom stereocenters. The van der Waals surface area contributed by atoms with Crippen LogP contribution in [0, 0.1) is 13.8 Å². The van der Waals surface area contributed by atoms with E-state index in [1.54, 1.807) is 23.5 Å². The quantitative estimate of drug-likeness (QED) is 0.710. The van der Waals surface area contributed by atoms with E-state index in [0.29, 0.717) is 30.9 Å². The van der Waals surface area contributed by atoms with Gasteiger partial charge in [-0.2, -0.15) is 0 Å². The van der Waals surface area contributed by atoms with Crippen molar-refractivity contribution in [2.75, 3.05) is 53.4 Å². The van der Waals surface area contributed by atoms with Gasteiger partial charge in [-0.15, -0.1) is 0 Å². The molecule has 1 fully saturated rings. The van der Waals surface area contributed by atoms with E-state index in [1.165, 1.54) is 4.57 Å². The van der Waals surface area contributed by atoms with E-state index in [0.717, 1.165) is 31.9 Å². The second kappa shape index (κ2) is 9.28. The fourth-order valence-electron chi connectivity index (χ4n) is 3.40. The zero-order valence-corrected chi connectivity index (χ0v) is 17.8. The molecule has 0 aromatic carbocycles. The number of amides is 1. The molecule has 0 radical (unpaired) electrons. The standard InChI is InChI=1S/C21H30N6O2/c1-16-5-6-27(15-18-14-22-17(2)13-23-18)21(29)19(16)20(28)26-11-9-25(10-12-26)8-7-24(3)4/h5-6,13-14H,7-12,15H2,1-4H3. The van der Waals surface area contributed by atoms with Gasteiger partial charge in [0.05, 0.1) is 24.1 Å². The number of piperazine rings is 1. The lowest BCUT2D eigenvalue weighted by atomic mass is 10.1. The minimum Gasteiger partial charge on any atom is -0.336 e. The number of hydrogen-bond donors (Lipinski definition) is 0. The summed E-state index contributed by atoms with van der Waals surface area (Å²) >= 11 is 0. The van der Waals surface area contributed by atoms with Crippen LogP contribution in [0.5, 0.6) is 0 Å². The van der Waals surface area contributed by atoms with Gasteiger partial charge in [0.1, 0.15) is 5.56 Å². The molecule has 2 aromatic heterocycles. The maximum Gasteiger partial charge on any atom is 0.264 e. The van der Waals surface area contributed by atoms with Gasteiger partial charge in [0, 0.05) is 51.7 Å². The summed E-state index contributed by atoms with van der Waals surface area (Å²) < 4.78 is 1.53. The van der Waals surface area contributed by atoms with Crippen LogP contribution in [-0.4, -0.2) is 88.5 Å². The number of carbonyl (C=O) groups excluding carboxylic acids is 1. The van der Waals surface area contributed by atoms with E-state index in [9.17, 15) is 9.59 Å². The van der Waals surface area contributed by atoms with E-state index in [4.69, 9.17) is 0 Å².